The van der Waals surface area contributed by atoms with Crippen LogP contribution in [0.2, 0.25) is 0 Å². The van der Waals surface area contributed by atoms with E-state index in [9.17, 15) is 4.79 Å². The van der Waals surface area contributed by atoms with Gasteiger partial charge in [-0.2, -0.15) is 0 Å². The predicted molar refractivity (Wildman–Crippen MR) is 124 cm³/mol. The largest absolute Gasteiger partial charge is 0.273 e. The molecule has 0 radical (unpaired) electrons. The summed E-state index contributed by atoms with van der Waals surface area (Å²) in [5.74, 6) is 0.0774. The van der Waals surface area contributed by atoms with Gasteiger partial charge < -0.3 is 0 Å². The summed E-state index contributed by atoms with van der Waals surface area (Å²) in [6, 6.07) is 20.3. The normalized spacial score (nSPS) is 10.7. The van der Waals surface area contributed by atoms with Crippen LogP contribution in [0.25, 0.3) is 0 Å². The Balaban J connectivity index is 1.87. The maximum atomic E-state index is 12.5. The van der Waals surface area contributed by atoms with Crippen LogP contribution < -0.4 is 5.01 Å². The Bertz CT molecular complexity index is 632. The van der Waals surface area contributed by atoms with Crippen molar-refractivity contribution in [3.63, 3.8) is 0 Å². The highest BCUT2D eigenvalue weighted by molar-refractivity contribution is 5.78. The van der Waals surface area contributed by atoms with Crippen molar-refractivity contribution >= 4 is 17.3 Å². The smallest absolute Gasteiger partial charge is 0.238 e. The third-order valence-corrected chi connectivity index (χ3v) is 5.33. The van der Waals surface area contributed by atoms with E-state index < -0.39 is 0 Å². The van der Waals surface area contributed by atoms with Gasteiger partial charge in [0, 0.05) is 13.5 Å². The fourth-order valence-corrected chi connectivity index (χ4v) is 3.71. The van der Waals surface area contributed by atoms with E-state index in [1.165, 1.54) is 57.8 Å². The summed E-state index contributed by atoms with van der Waals surface area (Å²) in [5.41, 5.74) is 2.03. The number of hydrazine groups is 1. The van der Waals surface area contributed by atoms with E-state index >= 15 is 0 Å². The molecule has 2 rings (SSSR count). The summed E-state index contributed by atoms with van der Waals surface area (Å²) in [6.07, 6.45) is 13.0. The van der Waals surface area contributed by atoms with Crippen molar-refractivity contribution in [3.05, 3.63) is 60.7 Å². The molecule has 0 aliphatic carbocycles. The van der Waals surface area contributed by atoms with Crippen molar-refractivity contribution in [1.29, 1.82) is 0 Å². The molecule has 0 heterocycles. The van der Waals surface area contributed by atoms with Crippen LogP contribution in [0.5, 0.6) is 0 Å². The van der Waals surface area contributed by atoms with Gasteiger partial charge in [0.25, 0.3) is 0 Å². The second kappa shape index (κ2) is 13.8. The van der Waals surface area contributed by atoms with Gasteiger partial charge in [-0.15, -0.1) is 0 Å². The lowest BCUT2D eigenvalue weighted by molar-refractivity contribution is -0.129. The maximum absolute atomic E-state index is 12.5. The summed E-state index contributed by atoms with van der Waals surface area (Å²) in [6.45, 7) is 4.67. The van der Waals surface area contributed by atoms with Crippen molar-refractivity contribution in [2.45, 2.75) is 78.1 Å². The molecule has 1 amide bonds. The van der Waals surface area contributed by atoms with Gasteiger partial charge in [0.1, 0.15) is 0 Å². The zero-order chi connectivity index (χ0) is 20.7. The number of hydrogen-bond donors (Lipinski definition) is 0. The van der Waals surface area contributed by atoms with Crippen molar-refractivity contribution in [1.82, 2.24) is 5.01 Å². The zero-order valence-electron chi connectivity index (χ0n) is 18.4. The first-order valence-electron chi connectivity index (χ1n) is 11.4. The van der Waals surface area contributed by atoms with Crippen molar-refractivity contribution < 1.29 is 4.79 Å². The van der Waals surface area contributed by atoms with E-state index in [-0.39, 0.29) is 5.91 Å². The highest BCUT2D eigenvalue weighted by Crippen LogP contribution is 2.27. The summed E-state index contributed by atoms with van der Waals surface area (Å²) in [4.78, 5) is 12.5. The molecule has 0 aliphatic heterocycles. The zero-order valence-corrected chi connectivity index (χ0v) is 18.4. The Morgan fingerprint density at radius 3 is 1.48 bits per heavy atom. The summed E-state index contributed by atoms with van der Waals surface area (Å²) >= 11 is 0. The lowest BCUT2D eigenvalue weighted by Gasteiger charge is -2.36. The number of carbonyl (C=O) groups excluding carboxylic acids is 1. The van der Waals surface area contributed by atoms with E-state index in [2.05, 4.69) is 36.2 Å². The van der Waals surface area contributed by atoms with E-state index in [4.69, 9.17) is 0 Å². The molecule has 29 heavy (non-hydrogen) atoms. The number of hydrogen-bond acceptors (Lipinski definition) is 2. The van der Waals surface area contributed by atoms with Crippen LogP contribution >= 0.6 is 0 Å². The van der Waals surface area contributed by atoms with Crippen LogP contribution in [-0.2, 0) is 4.79 Å². The molecule has 0 saturated carbocycles. The first kappa shape index (κ1) is 23.0. The van der Waals surface area contributed by atoms with E-state index in [0.29, 0.717) is 0 Å². The topological polar surface area (TPSA) is 23.6 Å². The molecule has 0 N–H and O–H groups in total. The highest BCUT2D eigenvalue weighted by atomic mass is 16.2. The summed E-state index contributed by atoms with van der Waals surface area (Å²) in [7, 11) is 0. The average molecular weight is 395 g/mol. The summed E-state index contributed by atoms with van der Waals surface area (Å²) in [5, 5.41) is 3.94. The molecular weight excluding hydrogens is 356 g/mol. The molecule has 0 aromatic heterocycles. The van der Waals surface area contributed by atoms with Crippen LogP contribution in [0.3, 0.4) is 0 Å². The van der Waals surface area contributed by atoms with Gasteiger partial charge in [0.15, 0.2) is 0 Å². The highest BCUT2D eigenvalue weighted by Gasteiger charge is 2.20. The third-order valence-electron chi connectivity index (χ3n) is 5.33. The number of anilines is 2. The molecule has 0 aliphatic rings. The summed E-state index contributed by atoms with van der Waals surface area (Å²) < 4.78 is 0. The van der Waals surface area contributed by atoms with Gasteiger partial charge in [0.2, 0.25) is 5.91 Å². The molecule has 0 atom stereocenters. The Morgan fingerprint density at radius 2 is 1.07 bits per heavy atom. The fourth-order valence-electron chi connectivity index (χ4n) is 3.71. The number of amides is 1. The minimum absolute atomic E-state index is 0.0774. The Hall–Kier alpha value is -2.29. The van der Waals surface area contributed by atoms with Gasteiger partial charge in [-0.05, 0) is 30.7 Å². The standard InChI is InChI=1S/C26H38N2O/c1-3-4-5-6-7-8-9-10-11-18-23-27(24(2)29)28(25-19-14-12-15-20-25)26-21-16-13-17-22-26/h12-17,19-22H,3-11,18,23H2,1-2H3. The number of carbonyl (C=O) groups is 1. The lowest BCUT2D eigenvalue weighted by Crippen LogP contribution is -2.43. The second-order valence-corrected chi connectivity index (χ2v) is 7.81. The number of rotatable bonds is 14. The van der Waals surface area contributed by atoms with Gasteiger partial charge in [-0.25, -0.2) is 5.01 Å². The molecule has 2 aromatic rings. The van der Waals surface area contributed by atoms with E-state index in [1.54, 1.807) is 6.92 Å². The molecule has 0 fully saturated rings. The molecule has 0 unspecified atom stereocenters. The van der Waals surface area contributed by atoms with Crippen molar-refractivity contribution in [2.24, 2.45) is 0 Å². The molecular formula is C26H38N2O. The van der Waals surface area contributed by atoms with Crippen molar-refractivity contribution in [3.8, 4) is 0 Å². The number of benzene rings is 2. The van der Waals surface area contributed by atoms with Gasteiger partial charge in [-0.3, -0.25) is 9.80 Å². The first-order chi connectivity index (χ1) is 14.2. The maximum Gasteiger partial charge on any atom is 0.238 e. The minimum atomic E-state index is 0.0774. The van der Waals surface area contributed by atoms with Gasteiger partial charge >= 0.3 is 0 Å². The first-order valence-corrected chi connectivity index (χ1v) is 11.4. The van der Waals surface area contributed by atoms with Crippen LogP contribution in [-0.4, -0.2) is 17.5 Å². The monoisotopic (exact) mass is 394 g/mol. The van der Waals surface area contributed by atoms with E-state index in [1.807, 2.05) is 41.4 Å². The Kier molecular flexibility index (Phi) is 11.0. The average Bonchev–Trinajstić information content (AvgIpc) is 2.75. The van der Waals surface area contributed by atoms with Crippen molar-refractivity contribution in [2.75, 3.05) is 11.6 Å². The molecule has 158 valence electrons. The number of para-hydroxylation sites is 2. The van der Waals surface area contributed by atoms with Crippen LogP contribution in [0, 0.1) is 0 Å². The van der Waals surface area contributed by atoms with Crippen LogP contribution in [0.4, 0.5) is 11.4 Å². The van der Waals surface area contributed by atoms with Gasteiger partial charge in [0.05, 0.1) is 11.4 Å². The van der Waals surface area contributed by atoms with Crippen LogP contribution in [0.15, 0.2) is 60.7 Å². The van der Waals surface area contributed by atoms with Crippen LogP contribution in [0.1, 0.15) is 78.1 Å². The predicted octanol–water partition coefficient (Wildman–Crippen LogP) is 7.51. The molecule has 3 heteroatoms. The second-order valence-electron chi connectivity index (χ2n) is 7.81. The molecule has 0 spiro atoms. The minimum Gasteiger partial charge on any atom is -0.273 e. The Labute approximate surface area is 177 Å². The quantitative estimate of drug-likeness (QED) is 0.244. The molecule has 3 nitrogen and oxygen atoms in total. The molecule has 0 bridgehead atoms. The molecule has 0 saturated heterocycles. The third kappa shape index (κ3) is 8.31. The van der Waals surface area contributed by atoms with E-state index in [0.717, 1.165) is 24.3 Å². The molecule has 2 aromatic carbocycles. The number of unbranched alkanes of at least 4 members (excludes halogenated alkanes) is 9. The lowest BCUT2D eigenvalue weighted by atomic mass is 10.1. The Morgan fingerprint density at radius 1 is 0.655 bits per heavy atom. The van der Waals surface area contributed by atoms with Gasteiger partial charge in [-0.1, -0.05) is 101 Å². The number of nitrogens with zero attached hydrogens (tertiary/aromatic N) is 2. The SMILES string of the molecule is CCCCCCCCCCCCN(C(C)=O)N(c1ccccc1)c1ccccc1. The fraction of sp³-hybridized carbons (Fsp3) is 0.500.